The molecule has 0 unspecified atom stereocenters. The fourth-order valence-corrected chi connectivity index (χ4v) is 2.03. The minimum Gasteiger partial charge on any atom is -0.379 e. The minimum absolute atomic E-state index is 0.0619. The zero-order chi connectivity index (χ0) is 13.1. The predicted octanol–water partition coefficient (Wildman–Crippen LogP) is 3.31. The van der Waals surface area contributed by atoms with Crippen LogP contribution in [-0.2, 0) is 13.6 Å². The van der Waals surface area contributed by atoms with Gasteiger partial charge in [0.25, 0.3) is 5.69 Å². The number of benzene rings is 1. The molecule has 0 atom stereocenters. The highest BCUT2D eigenvalue weighted by molar-refractivity contribution is 9.10. The summed E-state index contributed by atoms with van der Waals surface area (Å²) in [4.78, 5) is 10.4. The summed E-state index contributed by atoms with van der Waals surface area (Å²) in [6.45, 7) is 0.627. The number of rotatable bonds is 4. The van der Waals surface area contributed by atoms with Crippen LogP contribution in [0.4, 0.5) is 11.4 Å². The van der Waals surface area contributed by atoms with Crippen molar-refractivity contribution in [2.75, 3.05) is 5.32 Å². The number of nitrogens with one attached hydrogen (secondary N) is 1. The summed E-state index contributed by atoms with van der Waals surface area (Å²) in [5, 5.41) is 14.0. The van der Waals surface area contributed by atoms with Crippen LogP contribution in [0.15, 0.2) is 41.0 Å². The van der Waals surface area contributed by atoms with Gasteiger partial charge >= 0.3 is 0 Å². The molecule has 2 rings (SSSR count). The summed E-state index contributed by atoms with van der Waals surface area (Å²) >= 11 is 3.16. The highest BCUT2D eigenvalue weighted by atomic mass is 79.9. The molecule has 5 nitrogen and oxygen atoms in total. The fraction of sp³-hybridized carbons (Fsp3) is 0.167. The fourth-order valence-electron chi connectivity index (χ4n) is 1.64. The number of halogens is 1. The van der Waals surface area contributed by atoms with E-state index in [1.165, 1.54) is 6.07 Å². The van der Waals surface area contributed by atoms with Crippen LogP contribution in [0.1, 0.15) is 5.69 Å². The molecular weight excluding hydrogens is 298 g/mol. The Bertz CT molecular complexity index is 580. The van der Waals surface area contributed by atoms with Gasteiger partial charge in [-0.3, -0.25) is 10.1 Å². The van der Waals surface area contributed by atoms with Gasteiger partial charge < -0.3 is 9.88 Å². The van der Waals surface area contributed by atoms with Crippen LogP contribution in [0.2, 0.25) is 0 Å². The second kappa shape index (κ2) is 5.22. The van der Waals surface area contributed by atoms with Crippen molar-refractivity contribution in [1.29, 1.82) is 0 Å². The third-order valence-corrected chi connectivity index (χ3v) is 3.34. The first-order chi connectivity index (χ1) is 8.58. The SMILES string of the molecule is Cn1cccc1CNc1ccc(Br)c([N+](=O)[O-])c1. The maximum absolute atomic E-state index is 10.8. The molecule has 0 spiro atoms. The van der Waals surface area contributed by atoms with Gasteiger partial charge in [0, 0.05) is 30.7 Å². The molecule has 1 heterocycles. The van der Waals surface area contributed by atoms with Crippen LogP contribution in [0, 0.1) is 10.1 Å². The number of aromatic nitrogens is 1. The van der Waals surface area contributed by atoms with E-state index >= 15 is 0 Å². The van der Waals surface area contributed by atoms with Gasteiger partial charge in [0.05, 0.1) is 15.9 Å². The largest absolute Gasteiger partial charge is 0.379 e. The molecule has 0 saturated heterocycles. The van der Waals surface area contributed by atoms with Crippen LogP contribution in [0.5, 0.6) is 0 Å². The highest BCUT2D eigenvalue weighted by Crippen LogP contribution is 2.27. The van der Waals surface area contributed by atoms with Crippen molar-refractivity contribution in [3.8, 4) is 0 Å². The van der Waals surface area contributed by atoms with Gasteiger partial charge in [0.2, 0.25) is 0 Å². The zero-order valence-electron chi connectivity index (χ0n) is 9.76. The Balaban J connectivity index is 2.13. The topological polar surface area (TPSA) is 60.1 Å². The van der Waals surface area contributed by atoms with Crippen molar-refractivity contribution < 1.29 is 4.92 Å². The number of nitro groups is 1. The molecule has 0 saturated carbocycles. The zero-order valence-corrected chi connectivity index (χ0v) is 11.3. The Morgan fingerprint density at radius 2 is 2.22 bits per heavy atom. The first-order valence-corrected chi connectivity index (χ1v) is 6.15. The highest BCUT2D eigenvalue weighted by Gasteiger charge is 2.12. The molecule has 2 aromatic rings. The van der Waals surface area contributed by atoms with E-state index in [1.54, 1.807) is 12.1 Å². The second-order valence-electron chi connectivity index (χ2n) is 3.89. The van der Waals surface area contributed by atoms with E-state index in [4.69, 9.17) is 0 Å². The van der Waals surface area contributed by atoms with Gasteiger partial charge in [-0.1, -0.05) is 0 Å². The molecule has 0 aliphatic heterocycles. The molecular formula is C12H12BrN3O2. The molecule has 94 valence electrons. The van der Waals surface area contributed by atoms with Gasteiger partial charge in [-0.15, -0.1) is 0 Å². The van der Waals surface area contributed by atoms with Crippen LogP contribution in [-0.4, -0.2) is 9.49 Å². The Labute approximate surface area is 113 Å². The average molecular weight is 310 g/mol. The Morgan fingerprint density at radius 3 is 2.83 bits per heavy atom. The molecule has 0 radical (unpaired) electrons. The van der Waals surface area contributed by atoms with E-state index in [9.17, 15) is 10.1 Å². The molecule has 1 N–H and O–H groups in total. The molecule has 0 bridgehead atoms. The maximum atomic E-state index is 10.8. The molecule has 0 amide bonds. The van der Waals surface area contributed by atoms with E-state index in [2.05, 4.69) is 21.2 Å². The van der Waals surface area contributed by atoms with E-state index in [-0.39, 0.29) is 5.69 Å². The first-order valence-electron chi connectivity index (χ1n) is 5.36. The normalized spacial score (nSPS) is 10.3. The van der Waals surface area contributed by atoms with E-state index < -0.39 is 4.92 Å². The number of nitrogens with zero attached hydrogens (tertiary/aromatic N) is 2. The standard InChI is InChI=1S/C12H12BrN3O2/c1-15-6-2-3-10(15)8-14-9-4-5-11(13)12(7-9)16(17)18/h2-7,14H,8H2,1H3. The van der Waals surface area contributed by atoms with Crippen molar-refractivity contribution >= 4 is 27.3 Å². The summed E-state index contributed by atoms with van der Waals surface area (Å²) in [5.74, 6) is 0. The van der Waals surface area contributed by atoms with Crippen LogP contribution >= 0.6 is 15.9 Å². The van der Waals surface area contributed by atoms with Crippen LogP contribution in [0.25, 0.3) is 0 Å². The predicted molar refractivity (Wildman–Crippen MR) is 73.5 cm³/mol. The van der Waals surface area contributed by atoms with Crippen molar-refractivity contribution in [2.45, 2.75) is 6.54 Å². The van der Waals surface area contributed by atoms with Gasteiger partial charge in [0.15, 0.2) is 0 Å². The minimum atomic E-state index is -0.405. The molecule has 1 aromatic carbocycles. The van der Waals surface area contributed by atoms with Crippen molar-refractivity contribution in [3.63, 3.8) is 0 Å². The van der Waals surface area contributed by atoms with Crippen molar-refractivity contribution in [1.82, 2.24) is 4.57 Å². The number of nitro benzene ring substituents is 1. The smallest absolute Gasteiger partial charge is 0.285 e. The van der Waals surface area contributed by atoms with Gasteiger partial charge in [-0.05, 0) is 40.2 Å². The molecule has 0 aliphatic rings. The summed E-state index contributed by atoms with van der Waals surface area (Å²) in [5.41, 5.74) is 1.90. The monoisotopic (exact) mass is 309 g/mol. The lowest BCUT2D eigenvalue weighted by Crippen LogP contribution is -2.04. The van der Waals surface area contributed by atoms with Gasteiger partial charge in [-0.25, -0.2) is 0 Å². The van der Waals surface area contributed by atoms with Crippen LogP contribution in [0.3, 0.4) is 0 Å². The molecule has 0 aliphatic carbocycles. The maximum Gasteiger partial charge on any atom is 0.285 e. The number of aryl methyl sites for hydroxylation is 1. The third-order valence-electron chi connectivity index (χ3n) is 2.67. The Kier molecular flexibility index (Phi) is 3.66. The Hall–Kier alpha value is -1.82. The average Bonchev–Trinajstić information content (AvgIpc) is 2.73. The molecule has 1 aromatic heterocycles. The van der Waals surface area contributed by atoms with Gasteiger partial charge in [0.1, 0.15) is 0 Å². The number of hydrogen-bond donors (Lipinski definition) is 1. The molecule has 18 heavy (non-hydrogen) atoms. The quantitative estimate of drug-likeness (QED) is 0.696. The van der Waals surface area contributed by atoms with Crippen molar-refractivity contribution in [3.05, 3.63) is 56.8 Å². The van der Waals surface area contributed by atoms with E-state index in [1.807, 2.05) is 29.9 Å². The summed E-state index contributed by atoms with van der Waals surface area (Å²) in [6.07, 6.45) is 1.96. The lowest BCUT2D eigenvalue weighted by Gasteiger charge is -2.07. The van der Waals surface area contributed by atoms with Gasteiger partial charge in [-0.2, -0.15) is 0 Å². The lowest BCUT2D eigenvalue weighted by atomic mass is 10.2. The summed E-state index contributed by atoms with van der Waals surface area (Å²) < 4.78 is 2.48. The molecule has 6 heteroatoms. The molecule has 0 fully saturated rings. The number of hydrogen-bond acceptors (Lipinski definition) is 3. The second-order valence-corrected chi connectivity index (χ2v) is 4.74. The first kappa shape index (κ1) is 12.6. The van der Waals surface area contributed by atoms with Crippen molar-refractivity contribution in [2.24, 2.45) is 7.05 Å². The lowest BCUT2D eigenvalue weighted by molar-refractivity contribution is -0.385. The van der Waals surface area contributed by atoms with Crippen LogP contribution < -0.4 is 5.32 Å². The van der Waals surface area contributed by atoms with E-state index in [0.717, 1.165) is 11.4 Å². The Morgan fingerprint density at radius 1 is 1.44 bits per heavy atom. The summed E-state index contributed by atoms with van der Waals surface area (Å²) in [6, 6.07) is 8.96. The third kappa shape index (κ3) is 2.70. The van der Waals surface area contributed by atoms with E-state index in [0.29, 0.717) is 11.0 Å². The summed E-state index contributed by atoms with van der Waals surface area (Å²) in [7, 11) is 1.96. The number of anilines is 1.